The normalized spacial score (nSPS) is 16.1. The van der Waals surface area contributed by atoms with Gasteiger partial charge in [-0.2, -0.15) is 0 Å². The molecule has 9 heterocycles. The van der Waals surface area contributed by atoms with Gasteiger partial charge in [-0.25, -0.2) is 9.97 Å². The van der Waals surface area contributed by atoms with Crippen LogP contribution in [0.2, 0.25) is 0 Å². The van der Waals surface area contributed by atoms with Crippen LogP contribution in [0.25, 0.3) is 90.9 Å². The van der Waals surface area contributed by atoms with Crippen molar-refractivity contribution < 1.29 is 0 Å². The van der Waals surface area contributed by atoms with E-state index in [1.807, 2.05) is 37.0 Å². The van der Waals surface area contributed by atoms with Crippen molar-refractivity contribution in [3.8, 4) is 44.5 Å². The van der Waals surface area contributed by atoms with Crippen LogP contribution in [0.5, 0.6) is 0 Å². The number of nitrogens with zero attached hydrogens (tertiary/aromatic N) is 4. The van der Waals surface area contributed by atoms with E-state index in [-0.39, 0.29) is 23.9 Å². The molecule has 9 aromatic rings. The molecule has 4 aliphatic rings. The summed E-state index contributed by atoms with van der Waals surface area (Å²) in [6, 6.07) is 44.5. The van der Waals surface area contributed by atoms with Gasteiger partial charge in [-0.1, -0.05) is 96.1 Å². The zero-order valence-electron chi connectivity index (χ0n) is 43.6. The standard InChI is InChI=1S/C68H58N8/c1-39-35-41(3)61(42(4)36-39)67-57-27-23-53(73-57)65(47-19-15-45(16-20-47)63(49-11-7-31-69-49)50-12-8-32-70-50)55-25-29-59(75-55)68(62-43(5)37-40(2)38-44(62)6)60-30-26-56(76-60)66(54-24-28-58(67)74-54)48-21-17-46(18-22-48)64(51-13-9-33-71-51)52-14-10-34-72-52/h7-38,49,51,63-64,70,72-73,76H,1-6H3. The molecule has 0 spiro atoms. The van der Waals surface area contributed by atoms with Crippen molar-refractivity contribution in [2.75, 3.05) is 0 Å². The van der Waals surface area contributed by atoms with Crippen LogP contribution in [0.1, 0.15) is 90.5 Å². The number of allylic oxidation sites excluding steroid dienone is 2. The lowest BCUT2D eigenvalue weighted by atomic mass is 9.88. The Morgan fingerprint density at radius 1 is 0.395 bits per heavy atom. The van der Waals surface area contributed by atoms with E-state index in [1.54, 1.807) is 0 Å². The molecule has 8 nitrogen and oxygen atoms in total. The van der Waals surface area contributed by atoms with E-state index in [1.165, 1.54) is 55.6 Å². The quantitative estimate of drug-likeness (QED) is 0.109. The van der Waals surface area contributed by atoms with Gasteiger partial charge in [0, 0.05) is 80.5 Å². The molecule has 8 heteroatoms. The molecule has 370 valence electrons. The van der Waals surface area contributed by atoms with Crippen LogP contribution >= 0.6 is 0 Å². The van der Waals surface area contributed by atoms with E-state index < -0.39 is 0 Å². The SMILES string of the molecule is Cc1cc(C)c(-c2c3nc(c(-c4ccc(C(c5ccc[nH]5)C5C=CC=N5)cc4)c4ccc([nH]4)c(-c4c(C)cc(C)cc4C)c4nc(c(-c5ccc(C(c6ccc[nH]6)C6C=CC=N6)cc5)c5ccc2[nH]5)C=C4)C=C3)c(C)c1. The molecule has 0 aliphatic carbocycles. The maximum Gasteiger partial charge on any atom is 0.0806 e. The van der Waals surface area contributed by atoms with Crippen molar-refractivity contribution in [3.63, 3.8) is 0 Å². The van der Waals surface area contributed by atoms with Gasteiger partial charge in [0.05, 0.1) is 46.7 Å². The molecule has 0 saturated heterocycles. The smallest absolute Gasteiger partial charge is 0.0806 e. The highest BCUT2D eigenvalue weighted by Crippen LogP contribution is 2.43. The Hall–Kier alpha value is -9.14. The Morgan fingerprint density at radius 2 is 0.750 bits per heavy atom. The third-order valence-electron chi connectivity index (χ3n) is 15.6. The van der Waals surface area contributed by atoms with Gasteiger partial charge in [0.1, 0.15) is 0 Å². The molecule has 0 amide bonds. The number of hydrogen-bond donors (Lipinski definition) is 4. The summed E-state index contributed by atoms with van der Waals surface area (Å²) in [6.07, 6.45) is 25.0. The topological polar surface area (TPSA) is 114 Å². The molecule has 4 N–H and O–H groups in total. The maximum atomic E-state index is 5.68. The molecule has 4 atom stereocenters. The van der Waals surface area contributed by atoms with Crippen LogP contribution < -0.4 is 0 Å². The average molecular weight is 987 g/mol. The summed E-state index contributed by atoms with van der Waals surface area (Å²) in [5.74, 6) is 0.0823. The van der Waals surface area contributed by atoms with Crippen LogP contribution in [0.3, 0.4) is 0 Å². The molecule has 4 unspecified atom stereocenters. The predicted octanol–water partition coefficient (Wildman–Crippen LogP) is 16.1. The first-order chi connectivity index (χ1) is 37.1. The Labute approximate surface area is 443 Å². The number of rotatable bonds is 10. The van der Waals surface area contributed by atoms with E-state index >= 15 is 0 Å². The van der Waals surface area contributed by atoms with Gasteiger partial charge in [0.2, 0.25) is 0 Å². The Kier molecular flexibility index (Phi) is 11.6. The molecule has 13 rings (SSSR count). The van der Waals surface area contributed by atoms with Crippen molar-refractivity contribution in [1.29, 1.82) is 0 Å². The number of benzene rings is 4. The van der Waals surface area contributed by atoms with Gasteiger partial charge in [-0.3, -0.25) is 9.98 Å². The van der Waals surface area contributed by atoms with E-state index in [0.29, 0.717) is 0 Å². The van der Waals surface area contributed by atoms with E-state index in [4.69, 9.17) is 20.0 Å². The van der Waals surface area contributed by atoms with Crippen molar-refractivity contribution >= 4 is 58.8 Å². The summed E-state index contributed by atoms with van der Waals surface area (Å²) in [6.45, 7) is 13.2. The minimum absolute atomic E-state index is 0.00553. The average Bonchev–Trinajstić information content (AvgIpc) is 4.26. The zero-order valence-corrected chi connectivity index (χ0v) is 43.6. The number of aryl methyl sites for hydroxylation is 6. The monoisotopic (exact) mass is 986 g/mol. The highest BCUT2D eigenvalue weighted by atomic mass is 14.8. The first kappa shape index (κ1) is 46.6. The summed E-state index contributed by atoms with van der Waals surface area (Å²) in [5.41, 5.74) is 27.8. The van der Waals surface area contributed by atoms with Crippen LogP contribution in [-0.4, -0.2) is 54.4 Å². The fraction of sp³-hybridized carbons (Fsp3) is 0.147. The molecule has 0 fully saturated rings. The summed E-state index contributed by atoms with van der Waals surface area (Å²) < 4.78 is 0. The molecule has 76 heavy (non-hydrogen) atoms. The van der Waals surface area contributed by atoms with Gasteiger partial charge >= 0.3 is 0 Å². The van der Waals surface area contributed by atoms with Crippen LogP contribution in [-0.2, 0) is 0 Å². The summed E-state index contributed by atoms with van der Waals surface area (Å²) in [5, 5.41) is 0. The molecular weight excluding hydrogens is 929 g/mol. The lowest BCUT2D eigenvalue weighted by Crippen LogP contribution is -2.15. The van der Waals surface area contributed by atoms with Gasteiger partial charge in [0.25, 0.3) is 0 Å². The van der Waals surface area contributed by atoms with Crippen molar-refractivity contribution in [2.24, 2.45) is 9.98 Å². The van der Waals surface area contributed by atoms with Crippen LogP contribution in [0.4, 0.5) is 0 Å². The molecule has 4 aromatic carbocycles. The Morgan fingerprint density at radius 3 is 1.08 bits per heavy atom. The van der Waals surface area contributed by atoms with Crippen molar-refractivity contribution in [2.45, 2.75) is 65.5 Å². The first-order valence-corrected chi connectivity index (χ1v) is 26.3. The maximum absolute atomic E-state index is 5.68. The second-order valence-electron chi connectivity index (χ2n) is 20.8. The lowest BCUT2D eigenvalue weighted by Gasteiger charge is -2.20. The lowest BCUT2D eigenvalue weighted by molar-refractivity contribution is 0.696. The number of aliphatic imine (C=N–C) groups is 2. The molecule has 0 radical (unpaired) electrons. The number of nitrogens with one attached hydrogen (secondary N) is 4. The Bertz CT molecular complexity index is 3770. The van der Waals surface area contributed by atoms with Gasteiger partial charge in [-0.05, 0) is 182 Å². The van der Waals surface area contributed by atoms with E-state index in [2.05, 4.69) is 219 Å². The van der Waals surface area contributed by atoms with Gasteiger partial charge in [-0.15, -0.1) is 0 Å². The Balaban J connectivity index is 1.09. The number of aromatic nitrogens is 6. The zero-order chi connectivity index (χ0) is 51.6. The van der Waals surface area contributed by atoms with Crippen LogP contribution in [0.15, 0.2) is 168 Å². The molecule has 4 aliphatic heterocycles. The molecule has 0 saturated carbocycles. The second-order valence-corrected chi connectivity index (χ2v) is 20.8. The first-order valence-electron chi connectivity index (χ1n) is 26.3. The number of H-pyrrole nitrogens is 4. The minimum Gasteiger partial charge on any atom is -0.364 e. The molecular formula is C68H58N8. The minimum atomic E-state index is 0.00553. The summed E-state index contributed by atoms with van der Waals surface area (Å²) in [4.78, 5) is 36.0. The fourth-order valence-corrected chi connectivity index (χ4v) is 12.5. The highest BCUT2D eigenvalue weighted by molar-refractivity contribution is 6.01. The van der Waals surface area contributed by atoms with E-state index in [0.717, 1.165) is 89.6 Å². The third kappa shape index (κ3) is 8.27. The fourth-order valence-electron chi connectivity index (χ4n) is 12.5. The molecule has 5 aromatic heterocycles. The number of fused-ring (bicyclic) bond motifs is 8. The predicted molar refractivity (Wildman–Crippen MR) is 317 cm³/mol. The van der Waals surface area contributed by atoms with Crippen molar-refractivity contribution in [1.82, 2.24) is 29.9 Å². The third-order valence-corrected chi connectivity index (χ3v) is 15.6. The largest absolute Gasteiger partial charge is 0.364 e. The number of hydrogen-bond acceptors (Lipinski definition) is 4. The summed E-state index contributed by atoms with van der Waals surface area (Å²) >= 11 is 0. The second kappa shape index (κ2) is 19.0. The highest BCUT2D eigenvalue weighted by Gasteiger charge is 2.28. The van der Waals surface area contributed by atoms with Crippen LogP contribution in [0, 0.1) is 41.5 Å². The van der Waals surface area contributed by atoms with Crippen molar-refractivity contribution in [3.05, 3.63) is 237 Å². The van der Waals surface area contributed by atoms with E-state index in [9.17, 15) is 0 Å². The van der Waals surface area contributed by atoms with Gasteiger partial charge < -0.3 is 19.9 Å². The summed E-state index contributed by atoms with van der Waals surface area (Å²) in [7, 11) is 0. The molecule has 8 bridgehead atoms. The number of aromatic amines is 4. The van der Waals surface area contributed by atoms with Gasteiger partial charge in [0.15, 0.2) is 0 Å².